The SMILES string of the molecule is CC(C)c1cc(F)c(C(=O)N=C(N)N)cc1S(C)(=O)=O. The normalized spacial score (nSPS) is 11.4. The number of sulfone groups is 1. The number of nitrogens with zero attached hydrogens (tertiary/aromatic N) is 1. The minimum Gasteiger partial charge on any atom is -0.370 e. The van der Waals surface area contributed by atoms with Crippen LogP contribution in [-0.4, -0.2) is 26.5 Å². The van der Waals surface area contributed by atoms with Gasteiger partial charge in [0.25, 0.3) is 5.91 Å². The van der Waals surface area contributed by atoms with Crippen LogP contribution in [0.4, 0.5) is 4.39 Å². The number of hydrogen-bond acceptors (Lipinski definition) is 3. The molecule has 0 radical (unpaired) electrons. The number of aliphatic imine (C=N–C) groups is 1. The van der Waals surface area contributed by atoms with Gasteiger partial charge in [0.1, 0.15) is 5.82 Å². The van der Waals surface area contributed by atoms with E-state index in [1.807, 2.05) is 0 Å². The highest BCUT2D eigenvalue weighted by Gasteiger charge is 2.22. The number of amides is 1. The molecular weight excluding hydrogens is 285 g/mol. The molecule has 6 nitrogen and oxygen atoms in total. The Morgan fingerprint density at radius 2 is 1.85 bits per heavy atom. The van der Waals surface area contributed by atoms with Crippen molar-refractivity contribution in [3.63, 3.8) is 0 Å². The van der Waals surface area contributed by atoms with Crippen molar-refractivity contribution in [1.82, 2.24) is 0 Å². The van der Waals surface area contributed by atoms with Crippen LogP contribution in [0.5, 0.6) is 0 Å². The van der Waals surface area contributed by atoms with Crippen LogP contribution in [0, 0.1) is 5.82 Å². The molecule has 110 valence electrons. The van der Waals surface area contributed by atoms with Crippen molar-refractivity contribution in [3.8, 4) is 0 Å². The largest absolute Gasteiger partial charge is 0.370 e. The summed E-state index contributed by atoms with van der Waals surface area (Å²) in [5, 5.41) is 0. The lowest BCUT2D eigenvalue weighted by Crippen LogP contribution is -2.24. The number of carbonyl (C=O) groups is 1. The van der Waals surface area contributed by atoms with Gasteiger partial charge in [-0.15, -0.1) is 0 Å². The highest BCUT2D eigenvalue weighted by molar-refractivity contribution is 7.90. The van der Waals surface area contributed by atoms with Gasteiger partial charge in [-0.05, 0) is 23.6 Å². The Bertz CT molecular complexity index is 677. The Balaban J connectivity index is 3.60. The topological polar surface area (TPSA) is 116 Å². The fourth-order valence-corrected chi connectivity index (χ4v) is 2.74. The molecule has 0 saturated heterocycles. The van der Waals surface area contributed by atoms with E-state index in [1.165, 1.54) is 0 Å². The number of rotatable bonds is 3. The Kier molecular flexibility index (Phi) is 4.49. The van der Waals surface area contributed by atoms with E-state index in [1.54, 1.807) is 13.8 Å². The second kappa shape index (κ2) is 5.58. The van der Waals surface area contributed by atoms with Crippen LogP contribution in [0.15, 0.2) is 22.0 Å². The van der Waals surface area contributed by atoms with Gasteiger partial charge in [0, 0.05) is 6.26 Å². The minimum atomic E-state index is -3.61. The van der Waals surface area contributed by atoms with E-state index >= 15 is 0 Å². The molecule has 0 unspecified atom stereocenters. The molecular formula is C12H16FN3O3S. The molecule has 1 aromatic rings. The van der Waals surface area contributed by atoms with E-state index in [-0.39, 0.29) is 10.8 Å². The molecule has 8 heteroatoms. The van der Waals surface area contributed by atoms with Crippen LogP contribution >= 0.6 is 0 Å². The fraction of sp³-hybridized carbons (Fsp3) is 0.333. The predicted octanol–water partition coefficient (Wildman–Crippen LogP) is 0.766. The highest BCUT2D eigenvalue weighted by atomic mass is 32.2. The summed E-state index contributed by atoms with van der Waals surface area (Å²) in [6.07, 6.45) is 0.987. The molecule has 0 bridgehead atoms. The quantitative estimate of drug-likeness (QED) is 0.486. The van der Waals surface area contributed by atoms with E-state index in [9.17, 15) is 17.6 Å². The van der Waals surface area contributed by atoms with Gasteiger partial charge in [-0.2, -0.15) is 4.99 Å². The maximum absolute atomic E-state index is 13.9. The number of nitrogens with two attached hydrogens (primary N) is 2. The number of halogens is 1. The molecule has 0 saturated carbocycles. The van der Waals surface area contributed by atoms with Gasteiger partial charge in [0.2, 0.25) is 0 Å². The summed E-state index contributed by atoms with van der Waals surface area (Å²) < 4.78 is 37.4. The molecule has 4 N–H and O–H groups in total. The summed E-state index contributed by atoms with van der Waals surface area (Å²) >= 11 is 0. The van der Waals surface area contributed by atoms with Crippen LogP contribution in [0.1, 0.15) is 35.7 Å². The first-order valence-corrected chi connectivity index (χ1v) is 7.60. The Hall–Kier alpha value is -1.96. The van der Waals surface area contributed by atoms with E-state index in [0.717, 1.165) is 18.4 Å². The van der Waals surface area contributed by atoms with Gasteiger partial charge in [0.05, 0.1) is 10.5 Å². The zero-order valence-electron chi connectivity index (χ0n) is 11.3. The summed E-state index contributed by atoms with van der Waals surface area (Å²) in [5.74, 6) is -2.64. The molecule has 1 amide bonds. The van der Waals surface area contributed by atoms with Crippen molar-refractivity contribution in [1.29, 1.82) is 0 Å². The third-order valence-electron chi connectivity index (χ3n) is 2.58. The van der Waals surface area contributed by atoms with E-state index < -0.39 is 33.1 Å². The first kappa shape index (κ1) is 16.1. The van der Waals surface area contributed by atoms with Crippen LogP contribution in [0.3, 0.4) is 0 Å². The number of benzene rings is 1. The molecule has 0 atom stereocenters. The summed E-state index contributed by atoms with van der Waals surface area (Å²) in [5.41, 5.74) is 9.91. The van der Waals surface area contributed by atoms with E-state index in [4.69, 9.17) is 11.5 Å². The Morgan fingerprint density at radius 3 is 2.25 bits per heavy atom. The number of guanidine groups is 1. The van der Waals surface area contributed by atoms with Crippen LogP contribution in [0.25, 0.3) is 0 Å². The molecule has 0 heterocycles. The van der Waals surface area contributed by atoms with Crippen LogP contribution < -0.4 is 11.5 Å². The predicted molar refractivity (Wildman–Crippen MR) is 73.7 cm³/mol. The fourth-order valence-electron chi connectivity index (χ4n) is 1.68. The standard InChI is InChI=1S/C12H16FN3O3S/c1-6(2)7-4-9(13)8(11(17)16-12(14)15)5-10(7)20(3,18)19/h4-6H,1-3H3,(H4,14,15,16,17). The van der Waals surface area contributed by atoms with Crippen molar-refractivity contribution in [2.45, 2.75) is 24.7 Å². The summed E-state index contributed by atoms with van der Waals surface area (Å²) in [7, 11) is -3.61. The van der Waals surface area contributed by atoms with Crippen molar-refractivity contribution in [3.05, 3.63) is 29.1 Å². The van der Waals surface area contributed by atoms with Crippen molar-refractivity contribution in [2.24, 2.45) is 16.5 Å². The summed E-state index contributed by atoms with van der Waals surface area (Å²) in [6.45, 7) is 3.45. The van der Waals surface area contributed by atoms with E-state index in [2.05, 4.69) is 4.99 Å². The second-order valence-corrected chi connectivity index (χ2v) is 6.62. The van der Waals surface area contributed by atoms with Crippen molar-refractivity contribution >= 4 is 21.7 Å². The number of hydrogen-bond donors (Lipinski definition) is 2. The van der Waals surface area contributed by atoms with Crippen LogP contribution in [-0.2, 0) is 9.84 Å². The van der Waals surface area contributed by atoms with Gasteiger partial charge < -0.3 is 11.5 Å². The molecule has 1 rings (SSSR count). The first-order chi connectivity index (χ1) is 9.04. The average Bonchev–Trinajstić information content (AvgIpc) is 2.25. The molecule has 0 aliphatic heterocycles. The van der Waals surface area contributed by atoms with Crippen molar-refractivity contribution < 1.29 is 17.6 Å². The molecule has 0 aliphatic rings. The first-order valence-electron chi connectivity index (χ1n) is 5.71. The maximum atomic E-state index is 13.9. The zero-order valence-corrected chi connectivity index (χ0v) is 12.2. The molecule has 0 spiro atoms. The third kappa shape index (κ3) is 3.53. The smallest absolute Gasteiger partial charge is 0.283 e. The molecule has 0 aromatic heterocycles. The summed E-state index contributed by atoms with van der Waals surface area (Å²) in [6, 6.07) is 1.99. The minimum absolute atomic E-state index is 0.108. The molecule has 1 aromatic carbocycles. The second-order valence-electron chi connectivity index (χ2n) is 4.64. The van der Waals surface area contributed by atoms with Gasteiger partial charge in [-0.3, -0.25) is 4.79 Å². The lowest BCUT2D eigenvalue weighted by molar-refractivity contribution is 0.0998. The Labute approximate surface area is 116 Å². The third-order valence-corrected chi connectivity index (χ3v) is 3.73. The molecule has 0 aliphatic carbocycles. The van der Waals surface area contributed by atoms with Gasteiger partial charge in [-0.1, -0.05) is 13.8 Å². The van der Waals surface area contributed by atoms with Gasteiger partial charge in [-0.25, -0.2) is 12.8 Å². The molecule has 0 fully saturated rings. The average molecular weight is 301 g/mol. The Morgan fingerprint density at radius 1 is 1.30 bits per heavy atom. The van der Waals surface area contributed by atoms with Gasteiger partial charge >= 0.3 is 0 Å². The lowest BCUT2D eigenvalue weighted by Gasteiger charge is -2.13. The van der Waals surface area contributed by atoms with Gasteiger partial charge in [0.15, 0.2) is 15.8 Å². The monoisotopic (exact) mass is 301 g/mol. The zero-order chi connectivity index (χ0) is 15.7. The highest BCUT2D eigenvalue weighted by Crippen LogP contribution is 2.27. The van der Waals surface area contributed by atoms with E-state index in [0.29, 0.717) is 5.56 Å². The van der Waals surface area contributed by atoms with Crippen molar-refractivity contribution in [2.75, 3.05) is 6.26 Å². The maximum Gasteiger partial charge on any atom is 0.283 e. The lowest BCUT2D eigenvalue weighted by atomic mass is 10.0. The molecule has 20 heavy (non-hydrogen) atoms. The number of carbonyl (C=O) groups excluding carboxylic acids is 1. The summed E-state index contributed by atoms with van der Waals surface area (Å²) in [4.78, 5) is 14.8. The van der Waals surface area contributed by atoms with Crippen LogP contribution in [0.2, 0.25) is 0 Å².